The molecule has 0 saturated carbocycles. The highest BCUT2D eigenvalue weighted by Gasteiger charge is 2.29. The van der Waals surface area contributed by atoms with Gasteiger partial charge in [-0.1, -0.05) is 30.4 Å². The van der Waals surface area contributed by atoms with Crippen LogP contribution in [0.2, 0.25) is 0 Å². The van der Waals surface area contributed by atoms with Gasteiger partial charge in [0, 0.05) is 0 Å². The van der Waals surface area contributed by atoms with Crippen LogP contribution >= 0.6 is 0 Å². The van der Waals surface area contributed by atoms with Gasteiger partial charge in [0.05, 0.1) is 5.92 Å². The molecule has 1 aliphatic carbocycles. The van der Waals surface area contributed by atoms with E-state index in [0.29, 0.717) is 5.92 Å². The fraction of sp³-hybridized carbons (Fsp3) is 0.636. The first-order chi connectivity index (χ1) is 5.31. The van der Waals surface area contributed by atoms with E-state index < -0.39 is 0 Å². The average Bonchev–Trinajstić information content (AvgIpc) is 2.59. The normalized spacial score (nSPS) is 21.2. The Hall–Kier alpha value is -0.700. The van der Waals surface area contributed by atoms with Gasteiger partial charge in [-0.25, -0.2) is 0 Å². The van der Waals surface area contributed by atoms with Gasteiger partial charge in [0.15, 0.2) is 0 Å². The molecule has 0 aromatic carbocycles. The highest BCUT2D eigenvalue weighted by atomic mass is 14.3. The van der Waals surface area contributed by atoms with Crippen LogP contribution in [-0.4, -0.2) is 0 Å². The van der Waals surface area contributed by atoms with E-state index in [0.717, 1.165) is 0 Å². The second-order valence-electron chi connectivity index (χ2n) is 3.14. The third kappa shape index (κ3) is 1.87. The van der Waals surface area contributed by atoms with Gasteiger partial charge in [0.2, 0.25) is 0 Å². The first-order valence-electron chi connectivity index (χ1n) is 4.43. The van der Waals surface area contributed by atoms with Crippen LogP contribution in [0.25, 0.3) is 0 Å². The van der Waals surface area contributed by atoms with Crippen molar-refractivity contribution in [1.82, 2.24) is 0 Å². The molecule has 1 atom stereocenters. The lowest BCUT2D eigenvalue weighted by Crippen LogP contribution is -1.77. The van der Waals surface area contributed by atoms with Crippen LogP contribution in [0.4, 0.5) is 0 Å². The SMILES string of the molecule is CC#CC1C(C)=C1CCCC. The van der Waals surface area contributed by atoms with Gasteiger partial charge in [-0.3, -0.25) is 0 Å². The van der Waals surface area contributed by atoms with Crippen molar-refractivity contribution in [3.63, 3.8) is 0 Å². The Kier molecular flexibility index (Phi) is 2.76. The molecule has 0 N–H and O–H groups in total. The molecule has 0 spiro atoms. The van der Waals surface area contributed by atoms with Gasteiger partial charge in [0.25, 0.3) is 0 Å². The standard InChI is InChI=1S/C11H16/c1-4-6-8-11-9(3)10(11)7-5-2/h10H,4,6,8H2,1-3H3. The molecule has 1 rings (SSSR count). The predicted octanol–water partition coefficient (Wildman–Crippen LogP) is 3.15. The third-order valence-corrected chi connectivity index (χ3v) is 2.29. The van der Waals surface area contributed by atoms with Crippen molar-refractivity contribution in [3.8, 4) is 11.8 Å². The number of unbranched alkanes of at least 4 members (excludes halogenated alkanes) is 1. The first-order valence-corrected chi connectivity index (χ1v) is 4.43. The van der Waals surface area contributed by atoms with Crippen LogP contribution in [0.3, 0.4) is 0 Å². The smallest absolute Gasteiger partial charge is 0.0625 e. The van der Waals surface area contributed by atoms with Crippen molar-refractivity contribution < 1.29 is 0 Å². The minimum atomic E-state index is 0.576. The zero-order chi connectivity index (χ0) is 8.27. The van der Waals surface area contributed by atoms with Gasteiger partial charge < -0.3 is 0 Å². The molecule has 0 nitrogen and oxygen atoms in total. The van der Waals surface area contributed by atoms with E-state index in [9.17, 15) is 0 Å². The summed E-state index contributed by atoms with van der Waals surface area (Å²) in [4.78, 5) is 0. The maximum atomic E-state index is 3.20. The summed E-state index contributed by atoms with van der Waals surface area (Å²) in [5.74, 6) is 6.75. The van der Waals surface area contributed by atoms with Gasteiger partial charge in [0.1, 0.15) is 0 Å². The summed E-state index contributed by atoms with van der Waals surface area (Å²) in [6.07, 6.45) is 3.90. The summed E-state index contributed by atoms with van der Waals surface area (Å²) in [6, 6.07) is 0. The van der Waals surface area contributed by atoms with Crippen LogP contribution in [0.15, 0.2) is 11.1 Å². The molecule has 0 fully saturated rings. The van der Waals surface area contributed by atoms with E-state index in [1.807, 2.05) is 6.92 Å². The van der Waals surface area contributed by atoms with Gasteiger partial charge in [-0.15, -0.1) is 5.92 Å². The van der Waals surface area contributed by atoms with E-state index in [4.69, 9.17) is 0 Å². The third-order valence-electron chi connectivity index (χ3n) is 2.29. The van der Waals surface area contributed by atoms with E-state index >= 15 is 0 Å². The van der Waals surface area contributed by atoms with E-state index in [2.05, 4.69) is 25.7 Å². The number of rotatable bonds is 3. The molecular formula is C11H16. The molecular weight excluding hydrogens is 132 g/mol. The summed E-state index contributed by atoms with van der Waals surface area (Å²) in [5.41, 5.74) is 3.15. The maximum absolute atomic E-state index is 3.20. The van der Waals surface area contributed by atoms with Crippen LogP contribution in [-0.2, 0) is 0 Å². The van der Waals surface area contributed by atoms with Crippen LogP contribution < -0.4 is 0 Å². The second-order valence-corrected chi connectivity index (χ2v) is 3.14. The zero-order valence-corrected chi connectivity index (χ0v) is 7.70. The molecule has 0 amide bonds. The Labute approximate surface area is 69.7 Å². The zero-order valence-electron chi connectivity index (χ0n) is 7.70. The molecule has 1 aliphatic rings. The molecule has 0 radical (unpaired) electrons. The van der Waals surface area contributed by atoms with Crippen molar-refractivity contribution in [2.45, 2.75) is 40.0 Å². The Bertz CT molecular complexity index is 222. The fourth-order valence-corrected chi connectivity index (χ4v) is 1.44. The van der Waals surface area contributed by atoms with Gasteiger partial charge in [-0.05, 0) is 26.7 Å². The lowest BCUT2D eigenvalue weighted by molar-refractivity contribution is 0.789. The summed E-state index contributed by atoms with van der Waals surface area (Å²) < 4.78 is 0. The Balaban J connectivity index is 2.31. The average molecular weight is 148 g/mol. The largest absolute Gasteiger partial charge is 0.106 e. The number of hydrogen-bond donors (Lipinski definition) is 0. The van der Waals surface area contributed by atoms with E-state index in [1.54, 1.807) is 5.57 Å². The van der Waals surface area contributed by atoms with Gasteiger partial charge >= 0.3 is 0 Å². The molecule has 0 aromatic heterocycles. The van der Waals surface area contributed by atoms with Gasteiger partial charge in [-0.2, -0.15) is 0 Å². The highest BCUT2D eigenvalue weighted by molar-refractivity contribution is 5.47. The van der Waals surface area contributed by atoms with Crippen molar-refractivity contribution >= 4 is 0 Å². The lowest BCUT2D eigenvalue weighted by atomic mass is 10.1. The van der Waals surface area contributed by atoms with Crippen molar-refractivity contribution in [3.05, 3.63) is 11.1 Å². The quantitative estimate of drug-likeness (QED) is 0.426. The number of allylic oxidation sites excluding steroid dienone is 2. The Morgan fingerprint density at radius 1 is 1.45 bits per heavy atom. The number of hydrogen-bond acceptors (Lipinski definition) is 0. The topological polar surface area (TPSA) is 0 Å². The van der Waals surface area contributed by atoms with Crippen molar-refractivity contribution in [2.75, 3.05) is 0 Å². The van der Waals surface area contributed by atoms with E-state index in [-0.39, 0.29) is 0 Å². The molecule has 0 saturated heterocycles. The summed E-state index contributed by atoms with van der Waals surface area (Å²) in [7, 11) is 0. The van der Waals surface area contributed by atoms with Crippen LogP contribution in [0.5, 0.6) is 0 Å². The molecule has 0 aromatic rings. The summed E-state index contributed by atoms with van der Waals surface area (Å²) >= 11 is 0. The monoisotopic (exact) mass is 148 g/mol. The molecule has 0 heteroatoms. The predicted molar refractivity (Wildman–Crippen MR) is 49.2 cm³/mol. The van der Waals surface area contributed by atoms with Crippen LogP contribution in [0.1, 0.15) is 40.0 Å². The Morgan fingerprint density at radius 3 is 2.73 bits per heavy atom. The summed E-state index contributed by atoms with van der Waals surface area (Å²) in [5, 5.41) is 0. The fourth-order valence-electron chi connectivity index (χ4n) is 1.44. The minimum Gasteiger partial charge on any atom is -0.106 e. The first kappa shape index (κ1) is 8.40. The molecule has 0 bridgehead atoms. The summed E-state index contributed by atoms with van der Waals surface area (Å²) in [6.45, 7) is 6.36. The molecule has 0 heterocycles. The van der Waals surface area contributed by atoms with Crippen molar-refractivity contribution in [1.29, 1.82) is 0 Å². The molecule has 60 valence electrons. The highest BCUT2D eigenvalue weighted by Crippen LogP contribution is 2.41. The second kappa shape index (κ2) is 3.62. The van der Waals surface area contributed by atoms with Crippen molar-refractivity contribution in [2.24, 2.45) is 5.92 Å². The molecule has 1 unspecified atom stereocenters. The Morgan fingerprint density at radius 2 is 2.18 bits per heavy atom. The maximum Gasteiger partial charge on any atom is 0.0625 e. The van der Waals surface area contributed by atoms with Crippen LogP contribution in [0, 0.1) is 17.8 Å². The molecule has 11 heavy (non-hydrogen) atoms. The molecule has 0 aliphatic heterocycles. The lowest BCUT2D eigenvalue weighted by Gasteiger charge is -1.89. The van der Waals surface area contributed by atoms with E-state index in [1.165, 1.54) is 24.8 Å². The minimum absolute atomic E-state index is 0.576.